The molecule has 1 fully saturated rings. The number of hydrogen-bond donors (Lipinski definition) is 1. The van der Waals surface area contributed by atoms with Crippen LogP contribution in [0.5, 0.6) is 0 Å². The molecule has 110 valence electrons. The van der Waals surface area contributed by atoms with E-state index in [0.29, 0.717) is 11.4 Å². The molecule has 3 nitrogen and oxygen atoms in total. The first-order valence-corrected chi connectivity index (χ1v) is 7.53. The van der Waals surface area contributed by atoms with Gasteiger partial charge < -0.3 is 5.32 Å². The second kappa shape index (κ2) is 6.25. The van der Waals surface area contributed by atoms with Gasteiger partial charge in [-0.3, -0.25) is 9.69 Å². The van der Waals surface area contributed by atoms with Gasteiger partial charge in [0, 0.05) is 37.6 Å². The average molecular weight is 295 g/mol. The highest BCUT2D eigenvalue weighted by Gasteiger charge is 2.34. The van der Waals surface area contributed by atoms with E-state index in [-0.39, 0.29) is 5.78 Å². The summed E-state index contributed by atoms with van der Waals surface area (Å²) in [6.07, 6.45) is 0.399. The van der Waals surface area contributed by atoms with E-state index in [1.54, 1.807) is 0 Å². The van der Waals surface area contributed by atoms with E-state index in [1.807, 2.05) is 39.0 Å². The largest absolute Gasteiger partial charge is 0.314 e. The summed E-state index contributed by atoms with van der Waals surface area (Å²) in [5, 5.41) is 4.01. The van der Waals surface area contributed by atoms with Crippen LogP contribution in [-0.4, -0.2) is 42.4 Å². The number of piperazine rings is 1. The predicted molar refractivity (Wildman–Crippen MR) is 83.4 cm³/mol. The Hall–Kier alpha value is -0.900. The van der Waals surface area contributed by atoms with Gasteiger partial charge in [-0.15, -0.1) is 0 Å². The number of rotatable bonds is 4. The summed E-state index contributed by atoms with van der Waals surface area (Å²) < 4.78 is 0. The van der Waals surface area contributed by atoms with Crippen molar-refractivity contribution in [3.8, 4) is 0 Å². The molecular formula is C16H23ClN2O. The lowest BCUT2D eigenvalue weighted by atomic mass is 9.91. The number of hydrogen-bond acceptors (Lipinski definition) is 3. The van der Waals surface area contributed by atoms with Crippen LogP contribution in [0.25, 0.3) is 0 Å². The first-order chi connectivity index (χ1) is 9.41. The fraction of sp³-hybridized carbons (Fsp3) is 0.562. The molecular weight excluding hydrogens is 272 g/mol. The maximum Gasteiger partial charge on any atom is 0.156 e. The van der Waals surface area contributed by atoms with Crippen LogP contribution in [-0.2, 0) is 11.2 Å². The van der Waals surface area contributed by atoms with Crippen LogP contribution in [0.15, 0.2) is 18.2 Å². The monoisotopic (exact) mass is 294 g/mol. The average Bonchev–Trinajstić information content (AvgIpc) is 2.42. The molecule has 0 radical (unpaired) electrons. The van der Waals surface area contributed by atoms with E-state index in [0.717, 1.165) is 37.3 Å². The van der Waals surface area contributed by atoms with Crippen LogP contribution in [0.2, 0.25) is 5.02 Å². The van der Waals surface area contributed by atoms with Gasteiger partial charge in [-0.25, -0.2) is 0 Å². The van der Waals surface area contributed by atoms with Gasteiger partial charge >= 0.3 is 0 Å². The van der Waals surface area contributed by atoms with E-state index in [1.165, 1.54) is 0 Å². The minimum Gasteiger partial charge on any atom is -0.314 e. The molecule has 0 spiro atoms. The molecule has 1 aromatic rings. The van der Waals surface area contributed by atoms with Crippen molar-refractivity contribution >= 4 is 17.4 Å². The van der Waals surface area contributed by atoms with Crippen molar-refractivity contribution in [2.24, 2.45) is 0 Å². The van der Waals surface area contributed by atoms with Crippen molar-refractivity contribution < 1.29 is 4.79 Å². The van der Waals surface area contributed by atoms with Crippen LogP contribution in [0.1, 0.15) is 25.0 Å². The summed E-state index contributed by atoms with van der Waals surface area (Å²) in [5.41, 5.74) is 1.61. The number of Topliss-reactive ketones (excluding diaryl/α,β-unsaturated/α-hetero) is 1. The van der Waals surface area contributed by atoms with Gasteiger partial charge in [-0.1, -0.05) is 23.7 Å². The number of halogens is 1. The number of ketones is 1. The van der Waals surface area contributed by atoms with Crippen LogP contribution in [0.4, 0.5) is 0 Å². The third-order valence-corrected chi connectivity index (χ3v) is 4.50. The van der Waals surface area contributed by atoms with Crippen molar-refractivity contribution in [1.29, 1.82) is 0 Å². The summed E-state index contributed by atoms with van der Waals surface area (Å²) >= 11 is 6.23. The second-order valence-electron chi connectivity index (χ2n) is 5.99. The van der Waals surface area contributed by atoms with Crippen molar-refractivity contribution in [3.05, 3.63) is 34.3 Å². The third-order valence-electron chi connectivity index (χ3n) is 4.15. The quantitative estimate of drug-likeness (QED) is 0.926. The SMILES string of the molecule is Cc1ccc(CC(=O)C(C)(C)N2CCNCC2)c(Cl)c1. The second-order valence-corrected chi connectivity index (χ2v) is 6.40. The van der Waals surface area contributed by atoms with Crippen molar-refractivity contribution in [1.82, 2.24) is 10.2 Å². The molecule has 0 aromatic heterocycles. The molecule has 0 saturated carbocycles. The molecule has 0 unspecified atom stereocenters. The molecule has 0 amide bonds. The van der Waals surface area contributed by atoms with Crippen molar-refractivity contribution in [2.75, 3.05) is 26.2 Å². The van der Waals surface area contributed by atoms with Crippen molar-refractivity contribution in [3.63, 3.8) is 0 Å². The Labute approximate surface area is 126 Å². The summed E-state index contributed by atoms with van der Waals surface area (Å²) in [4.78, 5) is 14.9. The summed E-state index contributed by atoms with van der Waals surface area (Å²) in [6.45, 7) is 9.76. The molecule has 2 rings (SSSR count). The van der Waals surface area contributed by atoms with Crippen LogP contribution in [0.3, 0.4) is 0 Å². The number of nitrogens with zero attached hydrogens (tertiary/aromatic N) is 1. The Morgan fingerprint density at radius 2 is 2.00 bits per heavy atom. The summed E-state index contributed by atoms with van der Waals surface area (Å²) in [7, 11) is 0. The van der Waals surface area contributed by atoms with Gasteiger partial charge in [0.2, 0.25) is 0 Å². The molecule has 0 bridgehead atoms. The Bertz CT molecular complexity index is 493. The molecule has 0 atom stereocenters. The number of carbonyl (C=O) groups is 1. The normalized spacial score (nSPS) is 17.2. The summed E-state index contributed by atoms with van der Waals surface area (Å²) in [5.74, 6) is 0.227. The zero-order chi connectivity index (χ0) is 14.8. The summed E-state index contributed by atoms with van der Waals surface area (Å²) in [6, 6.07) is 5.89. The molecule has 1 aliphatic heterocycles. The van der Waals surface area contributed by atoms with Gasteiger partial charge in [0.25, 0.3) is 0 Å². The van der Waals surface area contributed by atoms with Gasteiger partial charge in [0.15, 0.2) is 5.78 Å². The molecule has 1 N–H and O–H groups in total. The zero-order valence-corrected chi connectivity index (χ0v) is 13.3. The number of nitrogens with one attached hydrogen (secondary N) is 1. The van der Waals surface area contributed by atoms with Crippen LogP contribution >= 0.6 is 11.6 Å². The number of aryl methyl sites for hydroxylation is 1. The van der Waals surface area contributed by atoms with E-state index >= 15 is 0 Å². The lowest BCUT2D eigenvalue weighted by Crippen LogP contribution is -2.57. The molecule has 4 heteroatoms. The standard InChI is InChI=1S/C16H23ClN2O/c1-12-4-5-13(14(17)10-12)11-15(20)16(2,3)19-8-6-18-7-9-19/h4-5,10,18H,6-9,11H2,1-3H3. The van der Waals surface area contributed by atoms with Crippen molar-refractivity contribution in [2.45, 2.75) is 32.7 Å². The third kappa shape index (κ3) is 3.40. The van der Waals surface area contributed by atoms with Gasteiger partial charge in [-0.05, 0) is 38.0 Å². The maximum absolute atomic E-state index is 12.6. The van der Waals surface area contributed by atoms with E-state index in [9.17, 15) is 4.79 Å². The minimum atomic E-state index is -0.434. The van der Waals surface area contributed by atoms with E-state index in [4.69, 9.17) is 11.6 Å². The Morgan fingerprint density at radius 3 is 2.60 bits per heavy atom. The molecule has 20 heavy (non-hydrogen) atoms. The van der Waals surface area contributed by atoms with Gasteiger partial charge in [0.05, 0.1) is 5.54 Å². The topological polar surface area (TPSA) is 32.3 Å². The highest BCUT2D eigenvalue weighted by molar-refractivity contribution is 6.31. The lowest BCUT2D eigenvalue weighted by molar-refractivity contribution is -0.129. The van der Waals surface area contributed by atoms with E-state index in [2.05, 4.69) is 10.2 Å². The molecule has 1 heterocycles. The highest BCUT2D eigenvalue weighted by Crippen LogP contribution is 2.23. The minimum absolute atomic E-state index is 0.227. The van der Waals surface area contributed by atoms with Crippen LogP contribution in [0, 0.1) is 6.92 Å². The van der Waals surface area contributed by atoms with E-state index < -0.39 is 5.54 Å². The Kier molecular flexibility index (Phi) is 4.84. The van der Waals surface area contributed by atoms with Gasteiger partial charge in [0.1, 0.15) is 0 Å². The first kappa shape index (κ1) is 15.5. The highest BCUT2D eigenvalue weighted by atomic mass is 35.5. The van der Waals surface area contributed by atoms with Crippen LogP contribution < -0.4 is 5.32 Å². The zero-order valence-electron chi connectivity index (χ0n) is 12.5. The smallest absolute Gasteiger partial charge is 0.156 e. The fourth-order valence-electron chi connectivity index (χ4n) is 2.59. The van der Waals surface area contributed by atoms with Gasteiger partial charge in [-0.2, -0.15) is 0 Å². The number of benzene rings is 1. The molecule has 1 aliphatic rings. The lowest BCUT2D eigenvalue weighted by Gasteiger charge is -2.40. The predicted octanol–water partition coefficient (Wildman–Crippen LogP) is 2.44. The molecule has 1 saturated heterocycles. The Balaban J connectivity index is 2.09. The maximum atomic E-state index is 12.6. The Morgan fingerprint density at radius 1 is 1.35 bits per heavy atom. The molecule has 0 aliphatic carbocycles. The first-order valence-electron chi connectivity index (χ1n) is 7.15. The number of carbonyl (C=O) groups excluding carboxylic acids is 1. The molecule has 1 aromatic carbocycles. The fourth-order valence-corrected chi connectivity index (χ4v) is 2.89.